The molecular formula is C11H6ClF3N4S. The van der Waals surface area contributed by atoms with Crippen LogP contribution in [0.4, 0.5) is 13.2 Å². The van der Waals surface area contributed by atoms with E-state index >= 15 is 0 Å². The van der Waals surface area contributed by atoms with E-state index in [2.05, 4.69) is 15.4 Å². The summed E-state index contributed by atoms with van der Waals surface area (Å²) in [6, 6.07) is 6.91. The number of thioether (sulfide) groups is 1. The van der Waals surface area contributed by atoms with Crippen LogP contribution in [-0.2, 0) is 6.18 Å². The zero-order valence-corrected chi connectivity index (χ0v) is 11.3. The summed E-state index contributed by atoms with van der Waals surface area (Å²) in [5, 5.41) is 11.1. The van der Waals surface area contributed by atoms with Crippen LogP contribution in [0.2, 0.25) is 5.02 Å². The van der Waals surface area contributed by atoms with Crippen molar-refractivity contribution in [1.82, 2.24) is 15.1 Å². The third kappa shape index (κ3) is 2.40. The molecule has 2 aromatic rings. The SMILES string of the molecule is FC(F)(F)c1nnn2c1SCC(c1ccc(Cl)cc1)=N2. The maximum atomic E-state index is 12.7. The van der Waals surface area contributed by atoms with Crippen molar-refractivity contribution in [3.8, 4) is 0 Å². The Morgan fingerprint density at radius 3 is 2.55 bits per heavy atom. The van der Waals surface area contributed by atoms with Crippen molar-refractivity contribution in [3.63, 3.8) is 0 Å². The Hall–Kier alpha value is -1.54. The molecule has 1 aliphatic heterocycles. The smallest absolute Gasteiger partial charge is 0.164 e. The summed E-state index contributed by atoms with van der Waals surface area (Å²) in [6.45, 7) is 0. The summed E-state index contributed by atoms with van der Waals surface area (Å²) in [5.74, 6) is 0.318. The lowest BCUT2D eigenvalue weighted by Crippen LogP contribution is -2.15. The predicted molar refractivity (Wildman–Crippen MR) is 69.1 cm³/mol. The van der Waals surface area contributed by atoms with Crippen molar-refractivity contribution >= 4 is 29.1 Å². The number of fused-ring (bicyclic) bond motifs is 1. The first-order chi connectivity index (χ1) is 9.45. The second-order valence-corrected chi connectivity index (χ2v) is 5.37. The van der Waals surface area contributed by atoms with Gasteiger partial charge in [-0.25, -0.2) is 0 Å². The zero-order valence-electron chi connectivity index (χ0n) is 9.73. The van der Waals surface area contributed by atoms with E-state index in [0.717, 1.165) is 22.1 Å². The molecule has 0 unspecified atom stereocenters. The molecule has 0 N–H and O–H groups in total. The molecule has 4 nitrogen and oxygen atoms in total. The van der Waals surface area contributed by atoms with Crippen molar-refractivity contribution in [2.75, 3.05) is 5.75 Å². The van der Waals surface area contributed by atoms with Gasteiger partial charge in [-0.3, -0.25) is 0 Å². The number of benzene rings is 1. The van der Waals surface area contributed by atoms with Crippen LogP contribution >= 0.6 is 23.4 Å². The minimum atomic E-state index is -4.52. The molecular weight excluding hydrogens is 313 g/mol. The molecule has 0 radical (unpaired) electrons. The van der Waals surface area contributed by atoms with E-state index < -0.39 is 11.9 Å². The fourth-order valence-corrected chi connectivity index (χ4v) is 2.81. The van der Waals surface area contributed by atoms with Gasteiger partial charge < -0.3 is 0 Å². The van der Waals surface area contributed by atoms with Gasteiger partial charge in [0.05, 0.1) is 5.71 Å². The highest BCUT2D eigenvalue weighted by molar-refractivity contribution is 8.00. The molecule has 0 saturated heterocycles. The molecule has 1 aliphatic rings. The van der Waals surface area contributed by atoms with Crippen LogP contribution in [0.25, 0.3) is 0 Å². The van der Waals surface area contributed by atoms with Gasteiger partial charge in [0.15, 0.2) is 5.03 Å². The molecule has 0 atom stereocenters. The minimum Gasteiger partial charge on any atom is -0.164 e. The summed E-state index contributed by atoms with van der Waals surface area (Å²) in [7, 11) is 0. The van der Waals surface area contributed by atoms with Crippen LogP contribution in [-0.4, -0.2) is 26.6 Å². The number of halogens is 4. The Balaban J connectivity index is 1.99. The van der Waals surface area contributed by atoms with Gasteiger partial charge in [-0.15, -0.1) is 9.89 Å². The van der Waals surface area contributed by atoms with Gasteiger partial charge in [-0.1, -0.05) is 35.5 Å². The number of nitrogens with zero attached hydrogens (tertiary/aromatic N) is 4. The van der Waals surface area contributed by atoms with Crippen molar-refractivity contribution in [2.45, 2.75) is 11.2 Å². The second kappa shape index (κ2) is 4.78. The molecule has 0 saturated carbocycles. The largest absolute Gasteiger partial charge is 0.438 e. The third-order valence-corrected chi connectivity index (χ3v) is 3.92. The summed E-state index contributed by atoms with van der Waals surface area (Å²) < 4.78 is 38.0. The van der Waals surface area contributed by atoms with Gasteiger partial charge in [0.25, 0.3) is 0 Å². The average molecular weight is 319 g/mol. The molecule has 0 aliphatic carbocycles. The Kier molecular flexibility index (Phi) is 3.21. The standard InChI is InChI=1S/C11H6ClF3N4S/c12-7-3-1-6(2-4-7)8-5-20-10-9(11(13,14)15)16-18-19(10)17-8/h1-4H,5H2. The molecule has 0 spiro atoms. The molecule has 0 bridgehead atoms. The van der Waals surface area contributed by atoms with Gasteiger partial charge in [0, 0.05) is 10.8 Å². The lowest BCUT2D eigenvalue weighted by molar-refractivity contribution is -0.143. The quantitative estimate of drug-likeness (QED) is 0.810. The predicted octanol–water partition coefficient (Wildman–Crippen LogP) is 3.31. The number of rotatable bonds is 1. The third-order valence-electron chi connectivity index (χ3n) is 2.62. The minimum absolute atomic E-state index is 0.0878. The van der Waals surface area contributed by atoms with E-state index in [9.17, 15) is 13.2 Å². The second-order valence-electron chi connectivity index (χ2n) is 3.97. The fourth-order valence-electron chi connectivity index (χ4n) is 1.70. The van der Waals surface area contributed by atoms with E-state index in [0.29, 0.717) is 16.5 Å². The molecule has 9 heteroatoms. The van der Waals surface area contributed by atoms with Crippen molar-refractivity contribution < 1.29 is 13.2 Å². The van der Waals surface area contributed by atoms with Crippen LogP contribution < -0.4 is 0 Å². The van der Waals surface area contributed by atoms with Gasteiger partial charge in [-0.05, 0) is 22.9 Å². The van der Waals surface area contributed by atoms with Crippen molar-refractivity contribution in [2.24, 2.45) is 5.10 Å². The maximum absolute atomic E-state index is 12.7. The molecule has 0 amide bonds. The molecule has 104 valence electrons. The fraction of sp³-hybridized carbons (Fsp3) is 0.182. The first kappa shape index (κ1) is 13.4. The normalized spacial score (nSPS) is 14.9. The molecule has 1 aromatic heterocycles. The van der Waals surface area contributed by atoms with E-state index in [1.165, 1.54) is 0 Å². The van der Waals surface area contributed by atoms with Crippen LogP contribution in [0.5, 0.6) is 0 Å². The first-order valence-electron chi connectivity index (χ1n) is 5.44. The molecule has 2 heterocycles. The van der Waals surface area contributed by atoms with Crippen LogP contribution in [0.15, 0.2) is 34.4 Å². The summed E-state index contributed by atoms with van der Waals surface area (Å²) in [4.78, 5) is 0.918. The Morgan fingerprint density at radius 1 is 1.20 bits per heavy atom. The highest BCUT2D eigenvalue weighted by Gasteiger charge is 2.40. The van der Waals surface area contributed by atoms with Gasteiger partial charge in [0.2, 0.25) is 5.69 Å². The van der Waals surface area contributed by atoms with Crippen LogP contribution in [0.3, 0.4) is 0 Å². The lowest BCUT2D eigenvalue weighted by atomic mass is 10.1. The van der Waals surface area contributed by atoms with Gasteiger partial charge >= 0.3 is 6.18 Å². The molecule has 20 heavy (non-hydrogen) atoms. The van der Waals surface area contributed by atoms with Gasteiger partial charge in [0.1, 0.15) is 0 Å². The number of hydrogen-bond acceptors (Lipinski definition) is 4. The summed E-state index contributed by atoms with van der Waals surface area (Å²) in [5.41, 5.74) is 0.413. The summed E-state index contributed by atoms with van der Waals surface area (Å²) in [6.07, 6.45) is -4.52. The first-order valence-corrected chi connectivity index (χ1v) is 6.81. The maximum Gasteiger partial charge on any atom is 0.438 e. The Labute approximate surface area is 120 Å². The van der Waals surface area contributed by atoms with E-state index in [4.69, 9.17) is 11.6 Å². The van der Waals surface area contributed by atoms with E-state index in [-0.39, 0.29) is 5.03 Å². The monoisotopic (exact) mass is 318 g/mol. The van der Waals surface area contributed by atoms with E-state index in [1.807, 2.05) is 0 Å². The molecule has 1 aromatic carbocycles. The van der Waals surface area contributed by atoms with Crippen molar-refractivity contribution in [1.29, 1.82) is 0 Å². The Bertz CT molecular complexity index is 678. The molecule has 0 fully saturated rings. The van der Waals surface area contributed by atoms with Crippen LogP contribution in [0.1, 0.15) is 11.3 Å². The zero-order chi connectivity index (χ0) is 14.3. The lowest BCUT2D eigenvalue weighted by Gasteiger charge is -2.13. The van der Waals surface area contributed by atoms with Gasteiger partial charge in [-0.2, -0.15) is 18.3 Å². The van der Waals surface area contributed by atoms with E-state index in [1.54, 1.807) is 24.3 Å². The highest BCUT2D eigenvalue weighted by atomic mass is 35.5. The van der Waals surface area contributed by atoms with Crippen LogP contribution in [0, 0.1) is 0 Å². The molecule has 3 rings (SSSR count). The van der Waals surface area contributed by atoms with Crippen molar-refractivity contribution in [3.05, 3.63) is 40.5 Å². The number of alkyl halides is 3. The number of hydrogen-bond donors (Lipinski definition) is 0. The Morgan fingerprint density at radius 2 is 1.90 bits per heavy atom. The highest BCUT2D eigenvalue weighted by Crippen LogP contribution is 2.36. The average Bonchev–Trinajstić information content (AvgIpc) is 2.82. The summed E-state index contributed by atoms with van der Waals surface area (Å²) >= 11 is 6.80. The topological polar surface area (TPSA) is 43.1 Å². The number of aromatic nitrogens is 3.